The molecule has 4 N–H and O–H groups in total. The summed E-state index contributed by atoms with van der Waals surface area (Å²) < 4.78 is 0.940. The summed E-state index contributed by atoms with van der Waals surface area (Å²) in [4.78, 5) is 16.9. The summed E-state index contributed by atoms with van der Waals surface area (Å²) in [5.74, 6) is 1.59. The van der Waals surface area contributed by atoms with Crippen LogP contribution in [0.3, 0.4) is 0 Å². The molecule has 1 fully saturated rings. The number of nitrogens with zero attached hydrogens (tertiary/aromatic N) is 4. The Morgan fingerprint density at radius 2 is 2.08 bits per heavy atom. The molecule has 3 aromatic rings. The topological polar surface area (TPSA) is 94.0 Å². The van der Waals surface area contributed by atoms with Crippen LogP contribution in [-0.2, 0) is 6.42 Å². The second-order valence-electron chi connectivity index (χ2n) is 6.43. The number of fused-ring (bicyclic) bond motifs is 3. The van der Waals surface area contributed by atoms with E-state index in [9.17, 15) is 0 Å². The van der Waals surface area contributed by atoms with Crippen molar-refractivity contribution in [1.29, 1.82) is 0 Å². The maximum atomic E-state index is 6.05. The summed E-state index contributed by atoms with van der Waals surface area (Å²) >= 11 is 1.59. The van der Waals surface area contributed by atoms with Gasteiger partial charge in [0, 0.05) is 24.5 Å². The lowest BCUT2D eigenvalue weighted by Crippen LogP contribution is -2.40. The van der Waals surface area contributed by atoms with Crippen molar-refractivity contribution >= 4 is 43.4 Å². The zero-order valence-corrected chi connectivity index (χ0v) is 14.6. The molecule has 0 amide bonds. The SMILES string of the molecule is CCCc1cc(N2CCC(N)CC2)nc2sc3c(N)ncnc3c12. The molecule has 4 heterocycles. The van der Waals surface area contributed by atoms with Crippen LogP contribution in [0.25, 0.3) is 20.4 Å². The van der Waals surface area contributed by atoms with Crippen LogP contribution in [0.1, 0.15) is 31.7 Å². The van der Waals surface area contributed by atoms with Crippen LogP contribution in [0.2, 0.25) is 0 Å². The lowest BCUT2D eigenvalue weighted by atomic mass is 10.0. The number of rotatable bonds is 3. The molecule has 0 spiro atoms. The highest BCUT2D eigenvalue weighted by Gasteiger charge is 2.21. The normalized spacial score (nSPS) is 16.3. The number of nitrogens with two attached hydrogens (primary N) is 2. The molecule has 3 aromatic heterocycles. The molecule has 0 unspecified atom stereocenters. The van der Waals surface area contributed by atoms with Crippen molar-refractivity contribution in [3.8, 4) is 0 Å². The van der Waals surface area contributed by atoms with Crippen molar-refractivity contribution in [2.45, 2.75) is 38.6 Å². The number of pyridine rings is 1. The fourth-order valence-electron chi connectivity index (χ4n) is 3.40. The largest absolute Gasteiger partial charge is 0.382 e. The van der Waals surface area contributed by atoms with Crippen LogP contribution in [0.4, 0.5) is 11.6 Å². The molecule has 0 aromatic carbocycles. The monoisotopic (exact) mass is 342 g/mol. The van der Waals surface area contributed by atoms with E-state index in [-0.39, 0.29) is 0 Å². The van der Waals surface area contributed by atoms with Crippen LogP contribution in [0, 0.1) is 0 Å². The fourth-order valence-corrected chi connectivity index (χ4v) is 4.48. The number of nitrogen functional groups attached to an aromatic ring is 1. The molecule has 1 aliphatic heterocycles. The molecule has 0 saturated carbocycles. The molecular formula is C17H22N6S. The number of aromatic nitrogens is 3. The van der Waals surface area contributed by atoms with Gasteiger partial charge in [-0.1, -0.05) is 13.3 Å². The highest BCUT2D eigenvalue weighted by atomic mass is 32.1. The Bertz CT molecular complexity index is 882. The number of aryl methyl sites for hydroxylation is 1. The van der Waals surface area contributed by atoms with Gasteiger partial charge in [-0.25, -0.2) is 15.0 Å². The minimum atomic E-state index is 0.319. The van der Waals surface area contributed by atoms with Crippen molar-refractivity contribution in [3.63, 3.8) is 0 Å². The lowest BCUT2D eigenvalue weighted by molar-refractivity contribution is 0.499. The van der Waals surface area contributed by atoms with Gasteiger partial charge in [0.1, 0.15) is 22.8 Å². The van der Waals surface area contributed by atoms with Crippen LogP contribution in [0.5, 0.6) is 0 Å². The maximum Gasteiger partial charge on any atom is 0.144 e. The molecule has 6 nitrogen and oxygen atoms in total. The lowest BCUT2D eigenvalue weighted by Gasteiger charge is -2.31. The van der Waals surface area contributed by atoms with E-state index in [1.165, 1.54) is 5.56 Å². The third kappa shape index (κ3) is 2.57. The van der Waals surface area contributed by atoms with E-state index in [2.05, 4.69) is 27.9 Å². The fraction of sp³-hybridized carbons (Fsp3) is 0.471. The van der Waals surface area contributed by atoms with Crippen LogP contribution in [-0.4, -0.2) is 34.1 Å². The summed E-state index contributed by atoms with van der Waals surface area (Å²) in [6.45, 7) is 4.14. The second kappa shape index (κ2) is 6.14. The summed E-state index contributed by atoms with van der Waals surface area (Å²) in [6.07, 6.45) is 5.68. The number of thiophene rings is 1. The number of hydrogen-bond donors (Lipinski definition) is 2. The van der Waals surface area contributed by atoms with Crippen LogP contribution < -0.4 is 16.4 Å². The molecule has 0 atom stereocenters. The Hall–Kier alpha value is -1.99. The van der Waals surface area contributed by atoms with Gasteiger partial charge in [-0.05, 0) is 30.9 Å². The predicted octanol–water partition coefficient (Wildman–Crippen LogP) is 2.70. The standard InChI is InChI=1S/C17H22N6S/c1-2-3-10-8-12(23-6-4-11(18)5-7-23)22-17-13(10)14-15(24-17)16(19)21-9-20-14/h8-9,11H,2-7,18H2,1H3,(H2,19,20,21). The maximum absolute atomic E-state index is 6.05. The van der Waals surface area contributed by atoms with E-state index in [1.807, 2.05) is 0 Å². The summed E-state index contributed by atoms with van der Waals surface area (Å²) in [6, 6.07) is 2.55. The molecule has 0 bridgehead atoms. The zero-order chi connectivity index (χ0) is 16.7. The third-order valence-electron chi connectivity index (χ3n) is 4.70. The molecule has 0 aliphatic carbocycles. The highest BCUT2D eigenvalue weighted by molar-refractivity contribution is 7.26. The van der Waals surface area contributed by atoms with Gasteiger partial charge in [-0.3, -0.25) is 0 Å². The molecule has 1 aliphatic rings. The molecule has 4 rings (SSSR count). The van der Waals surface area contributed by atoms with Gasteiger partial charge < -0.3 is 16.4 Å². The van der Waals surface area contributed by atoms with E-state index in [0.717, 1.165) is 65.0 Å². The second-order valence-corrected chi connectivity index (χ2v) is 7.43. The van der Waals surface area contributed by atoms with Gasteiger partial charge >= 0.3 is 0 Å². The minimum absolute atomic E-state index is 0.319. The van der Waals surface area contributed by atoms with Crippen molar-refractivity contribution < 1.29 is 0 Å². The Morgan fingerprint density at radius 3 is 2.83 bits per heavy atom. The Labute approximate surface area is 144 Å². The number of hydrogen-bond acceptors (Lipinski definition) is 7. The Morgan fingerprint density at radius 1 is 1.29 bits per heavy atom. The van der Waals surface area contributed by atoms with Gasteiger partial charge in [0.05, 0.1) is 10.2 Å². The van der Waals surface area contributed by atoms with Gasteiger partial charge in [-0.15, -0.1) is 11.3 Å². The third-order valence-corrected chi connectivity index (χ3v) is 5.80. The Kier molecular flexibility index (Phi) is 3.97. The van der Waals surface area contributed by atoms with E-state index in [4.69, 9.17) is 16.5 Å². The predicted molar refractivity (Wildman–Crippen MR) is 101 cm³/mol. The van der Waals surface area contributed by atoms with E-state index in [0.29, 0.717) is 11.9 Å². The molecule has 7 heteroatoms. The van der Waals surface area contributed by atoms with E-state index < -0.39 is 0 Å². The summed E-state index contributed by atoms with van der Waals surface area (Å²) in [5, 5.41) is 1.14. The Balaban J connectivity index is 1.88. The first-order valence-corrected chi connectivity index (χ1v) is 9.32. The first-order valence-electron chi connectivity index (χ1n) is 8.50. The van der Waals surface area contributed by atoms with Gasteiger partial charge in [0.2, 0.25) is 0 Å². The molecular weight excluding hydrogens is 320 g/mol. The summed E-state index contributed by atoms with van der Waals surface area (Å²) in [7, 11) is 0. The molecule has 1 saturated heterocycles. The first kappa shape index (κ1) is 15.5. The number of piperidine rings is 1. The molecule has 0 radical (unpaired) electrons. The van der Waals surface area contributed by atoms with Crippen molar-refractivity contribution in [2.24, 2.45) is 5.73 Å². The smallest absolute Gasteiger partial charge is 0.144 e. The van der Waals surface area contributed by atoms with Crippen molar-refractivity contribution in [1.82, 2.24) is 15.0 Å². The van der Waals surface area contributed by atoms with Gasteiger partial charge in [-0.2, -0.15) is 0 Å². The first-order chi connectivity index (χ1) is 11.7. The van der Waals surface area contributed by atoms with E-state index in [1.54, 1.807) is 17.7 Å². The quantitative estimate of drug-likeness (QED) is 0.760. The van der Waals surface area contributed by atoms with Crippen molar-refractivity contribution in [3.05, 3.63) is 18.0 Å². The zero-order valence-electron chi connectivity index (χ0n) is 13.8. The van der Waals surface area contributed by atoms with Gasteiger partial charge in [0.15, 0.2) is 0 Å². The van der Waals surface area contributed by atoms with Crippen LogP contribution in [0.15, 0.2) is 12.4 Å². The van der Waals surface area contributed by atoms with Gasteiger partial charge in [0.25, 0.3) is 0 Å². The van der Waals surface area contributed by atoms with Crippen LogP contribution >= 0.6 is 11.3 Å². The summed E-state index contributed by atoms with van der Waals surface area (Å²) in [5.41, 5.74) is 14.3. The minimum Gasteiger partial charge on any atom is -0.382 e. The average molecular weight is 342 g/mol. The highest BCUT2D eigenvalue weighted by Crippen LogP contribution is 2.38. The molecule has 126 valence electrons. The number of anilines is 2. The molecule has 24 heavy (non-hydrogen) atoms. The average Bonchev–Trinajstić information content (AvgIpc) is 2.96. The van der Waals surface area contributed by atoms with E-state index >= 15 is 0 Å². The van der Waals surface area contributed by atoms with Crippen molar-refractivity contribution in [2.75, 3.05) is 23.7 Å².